The number of hydrogen-bond donors (Lipinski definition) is 0. The van der Waals surface area contributed by atoms with Crippen LogP contribution in [-0.2, 0) is 52.2 Å². The van der Waals surface area contributed by atoms with E-state index in [1.54, 1.807) is 35.5 Å². The molecule has 4 bridgehead atoms. The van der Waals surface area contributed by atoms with E-state index in [4.69, 9.17) is 42.6 Å². The zero-order chi connectivity index (χ0) is 30.2. The van der Waals surface area contributed by atoms with Gasteiger partial charge in [-0.3, -0.25) is 9.59 Å². The van der Waals surface area contributed by atoms with Crippen molar-refractivity contribution in [2.45, 2.75) is 87.5 Å². The van der Waals surface area contributed by atoms with Crippen molar-refractivity contribution in [2.75, 3.05) is 49.3 Å². The molecule has 4 aliphatic carbocycles. The van der Waals surface area contributed by atoms with E-state index < -0.39 is 65.1 Å². The Kier molecular flexibility index (Phi) is 7.81. The van der Waals surface area contributed by atoms with Crippen LogP contribution in [-0.4, -0.2) is 110 Å². The number of hydrogen-bond acceptors (Lipinski definition) is 11. The fraction of sp³-hybridized carbons (Fsp3) is 0.871. The van der Waals surface area contributed by atoms with E-state index in [-0.39, 0.29) is 36.5 Å². The van der Waals surface area contributed by atoms with Crippen molar-refractivity contribution >= 4 is 11.9 Å². The highest BCUT2D eigenvalue weighted by molar-refractivity contribution is 5.86. The van der Waals surface area contributed by atoms with Crippen LogP contribution in [0.25, 0.3) is 0 Å². The minimum Gasteiger partial charge on any atom is -0.469 e. The lowest BCUT2D eigenvalue weighted by Gasteiger charge is -2.51. The van der Waals surface area contributed by atoms with Gasteiger partial charge in [-0.25, -0.2) is 0 Å². The number of methoxy groups -OCH3 is 6. The molecule has 0 N–H and O–H groups in total. The molecule has 14 atom stereocenters. The number of fused-ring (bicyclic) bond motifs is 1. The van der Waals surface area contributed by atoms with Gasteiger partial charge in [0.05, 0.1) is 37.3 Å². The number of allylic oxidation sites excluding steroid dienone is 1. The molecule has 2 aliphatic heterocycles. The van der Waals surface area contributed by atoms with Gasteiger partial charge in [-0.15, -0.1) is 0 Å². The molecule has 6 fully saturated rings. The van der Waals surface area contributed by atoms with E-state index in [1.807, 2.05) is 6.92 Å². The molecule has 2 saturated heterocycles. The Labute approximate surface area is 247 Å². The predicted octanol–water partition coefficient (Wildman–Crippen LogP) is 2.29. The third-order valence-electron chi connectivity index (χ3n) is 11.9. The van der Waals surface area contributed by atoms with Gasteiger partial charge in [-0.1, -0.05) is 12.2 Å². The van der Waals surface area contributed by atoms with Crippen molar-refractivity contribution in [1.29, 1.82) is 0 Å². The third kappa shape index (κ3) is 3.83. The average Bonchev–Trinajstić information content (AvgIpc) is 3.44. The molecular formula is C31H46O11. The molecule has 2 unspecified atom stereocenters. The number of carbonyl (C=O) groups is 2. The first-order valence-corrected chi connectivity index (χ1v) is 15.0. The van der Waals surface area contributed by atoms with Crippen molar-refractivity contribution in [3.63, 3.8) is 0 Å². The molecule has 11 nitrogen and oxygen atoms in total. The highest BCUT2D eigenvalue weighted by Gasteiger charge is 2.85. The first-order chi connectivity index (χ1) is 20.1. The standard InChI is InChI=1S/C31H46O11/c1-15-12-30-13-16(15)11-17(40-27-23(38-7)22(37-6)21(36-5)18(41-27)14-34-3)24(30)31-10-9-19(35-4)29(2,28(33)42-31)25(31)20(30)26(32)39-8/h16-25,27H,1,9-14H2,2-8H3/t16?,17-,18+,19-,20+,21+,22-,23+,24+,25+,27+,29?,30+,31+/m0/s1. The van der Waals surface area contributed by atoms with Crippen LogP contribution in [0.3, 0.4) is 0 Å². The fourth-order valence-corrected chi connectivity index (χ4v) is 10.6. The molecule has 6 aliphatic rings. The van der Waals surface area contributed by atoms with Crippen molar-refractivity contribution in [1.82, 2.24) is 0 Å². The maximum Gasteiger partial charge on any atom is 0.315 e. The van der Waals surface area contributed by atoms with Gasteiger partial charge in [0.15, 0.2) is 6.29 Å². The molecule has 0 aromatic carbocycles. The molecule has 0 radical (unpaired) electrons. The smallest absolute Gasteiger partial charge is 0.315 e. The largest absolute Gasteiger partial charge is 0.469 e. The number of rotatable bonds is 9. The summed E-state index contributed by atoms with van der Waals surface area (Å²) in [6, 6.07) is 0. The minimum absolute atomic E-state index is 0.152. The number of esters is 2. The van der Waals surface area contributed by atoms with Crippen LogP contribution in [0.1, 0.15) is 39.0 Å². The van der Waals surface area contributed by atoms with Gasteiger partial charge < -0.3 is 42.6 Å². The summed E-state index contributed by atoms with van der Waals surface area (Å²) in [5.41, 5.74) is -1.33. The molecule has 0 aromatic rings. The SMILES string of the molecule is C=C1C[C@]23CC1C[C@H](O[C@@H]1O[C@H](COC)[C@@H](OC)[C@H](OC)[C@H]1OC)[C@H]2[C@@]12CC[C@H](OC)C(C)(C(=O)O1)[C@H]2[C@@H]3C(=O)OC. The van der Waals surface area contributed by atoms with Crippen LogP contribution in [0.2, 0.25) is 0 Å². The average molecular weight is 595 g/mol. The van der Waals surface area contributed by atoms with Crippen LogP contribution < -0.4 is 0 Å². The van der Waals surface area contributed by atoms with Gasteiger partial charge in [-0.2, -0.15) is 0 Å². The Hall–Kier alpha value is -1.60. The Morgan fingerprint density at radius 2 is 1.71 bits per heavy atom. The van der Waals surface area contributed by atoms with Crippen molar-refractivity contribution < 1.29 is 52.2 Å². The number of ether oxygens (including phenoxy) is 9. The zero-order valence-corrected chi connectivity index (χ0v) is 25.8. The quantitative estimate of drug-likeness (QED) is 0.289. The molecule has 4 saturated carbocycles. The molecule has 236 valence electrons. The summed E-state index contributed by atoms with van der Waals surface area (Å²) in [4.78, 5) is 27.7. The Balaban J connectivity index is 1.44. The Morgan fingerprint density at radius 1 is 1.00 bits per heavy atom. The lowest BCUT2D eigenvalue weighted by Crippen LogP contribution is -2.63. The third-order valence-corrected chi connectivity index (χ3v) is 11.9. The fourth-order valence-electron chi connectivity index (χ4n) is 10.6. The summed E-state index contributed by atoms with van der Waals surface area (Å²) < 4.78 is 54.4. The van der Waals surface area contributed by atoms with Gasteiger partial charge in [-0.05, 0) is 50.4 Å². The molecule has 11 heteroatoms. The Morgan fingerprint density at radius 3 is 2.33 bits per heavy atom. The van der Waals surface area contributed by atoms with E-state index in [0.29, 0.717) is 25.7 Å². The maximum absolute atomic E-state index is 13.8. The van der Waals surface area contributed by atoms with Gasteiger partial charge in [0, 0.05) is 47.4 Å². The van der Waals surface area contributed by atoms with Crippen LogP contribution >= 0.6 is 0 Å². The summed E-state index contributed by atoms with van der Waals surface area (Å²) in [6.07, 6.45) is -0.243. The molecule has 42 heavy (non-hydrogen) atoms. The molecule has 0 aromatic heterocycles. The minimum atomic E-state index is -0.991. The molecule has 1 spiro atoms. The highest BCUT2D eigenvalue weighted by Crippen LogP contribution is 2.78. The van der Waals surface area contributed by atoms with E-state index in [9.17, 15) is 9.59 Å². The lowest BCUT2D eigenvalue weighted by atomic mass is 9.58. The zero-order valence-electron chi connectivity index (χ0n) is 25.8. The summed E-state index contributed by atoms with van der Waals surface area (Å²) >= 11 is 0. The van der Waals surface area contributed by atoms with Crippen LogP contribution in [0.4, 0.5) is 0 Å². The van der Waals surface area contributed by atoms with Gasteiger partial charge >= 0.3 is 11.9 Å². The van der Waals surface area contributed by atoms with Crippen LogP contribution in [0.5, 0.6) is 0 Å². The topological polar surface area (TPSA) is 117 Å². The normalized spacial score (nSPS) is 50.8. The van der Waals surface area contributed by atoms with E-state index in [2.05, 4.69) is 6.58 Å². The molecule has 6 rings (SSSR count). The van der Waals surface area contributed by atoms with Crippen molar-refractivity contribution in [2.24, 2.45) is 34.5 Å². The van der Waals surface area contributed by atoms with Crippen molar-refractivity contribution in [3.8, 4) is 0 Å². The number of carbonyl (C=O) groups excluding carboxylic acids is 2. The predicted molar refractivity (Wildman–Crippen MR) is 146 cm³/mol. The van der Waals surface area contributed by atoms with Gasteiger partial charge in [0.1, 0.15) is 30.0 Å². The summed E-state index contributed by atoms with van der Waals surface area (Å²) in [5.74, 6) is -1.73. The first-order valence-electron chi connectivity index (χ1n) is 15.0. The summed E-state index contributed by atoms with van der Waals surface area (Å²) in [6.45, 7) is 6.64. The summed E-state index contributed by atoms with van der Waals surface area (Å²) in [7, 11) is 9.48. The van der Waals surface area contributed by atoms with Crippen LogP contribution in [0, 0.1) is 34.5 Å². The monoisotopic (exact) mass is 594 g/mol. The second kappa shape index (κ2) is 10.8. The van der Waals surface area contributed by atoms with Crippen LogP contribution in [0.15, 0.2) is 12.2 Å². The highest BCUT2D eigenvalue weighted by atomic mass is 16.7. The molecular weight excluding hydrogens is 548 g/mol. The summed E-state index contributed by atoms with van der Waals surface area (Å²) in [5, 5.41) is 0. The second-order valence-corrected chi connectivity index (χ2v) is 13.3. The second-order valence-electron chi connectivity index (χ2n) is 13.3. The van der Waals surface area contributed by atoms with Gasteiger partial charge in [0.2, 0.25) is 0 Å². The first kappa shape index (κ1) is 30.4. The van der Waals surface area contributed by atoms with E-state index >= 15 is 0 Å². The van der Waals surface area contributed by atoms with Gasteiger partial charge in [0.25, 0.3) is 0 Å². The maximum atomic E-state index is 13.8. The van der Waals surface area contributed by atoms with E-state index in [0.717, 1.165) is 12.0 Å². The molecule has 0 amide bonds. The lowest BCUT2D eigenvalue weighted by molar-refractivity contribution is -0.333. The van der Waals surface area contributed by atoms with Crippen molar-refractivity contribution in [3.05, 3.63) is 12.2 Å². The Bertz CT molecular complexity index is 1100. The van der Waals surface area contributed by atoms with E-state index in [1.165, 1.54) is 7.11 Å². The molecule has 2 heterocycles.